The van der Waals surface area contributed by atoms with Crippen molar-refractivity contribution in [2.75, 3.05) is 0 Å². The van der Waals surface area contributed by atoms with Crippen molar-refractivity contribution >= 4 is 17.6 Å². The third kappa shape index (κ3) is 1.98. The number of amidine groups is 1. The molecule has 0 aliphatic heterocycles. The van der Waals surface area contributed by atoms with Gasteiger partial charge in [-0.25, -0.2) is 0 Å². The Morgan fingerprint density at radius 3 is 2.37 bits per heavy atom. The van der Waals surface area contributed by atoms with Gasteiger partial charge in [-0.15, -0.1) is 0 Å². The number of ketones is 1. The van der Waals surface area contributed by atoms with E-state index in [-0.39, 0.29) is 5.84 Å². The molecule has 0 fully saturated rings. The highest BCUT2D eigenvalue weighted by atomic mass is 16.4. The predicted octanol–water partition coefficient (Wildman–Crippen LogP) is -1.28. The Hall–Kier alpha value is -2.25. The van der Waals surface area contributed by atoms with Gasteiger partial charge in [0.1, 0.15) is 11.9 Å². The molecule has 2 aliphatic carbocycles. The van der Waals surface area contributed by atoms with E-state index in [4.69, 9.17) is 27.7 Å². The van der Waals surface area contributed by atoms with E-state index in [1.165, 1.54) is 0 Å². The summed E-state index contributed by atoms with van der Waals surface area (Å²) in [7, 11) is 0. The molecule has 0 saturated heterocycles. The zero-order valence-corrected chi connectivity index (χ0v) is 9.96. The number of nitrogens with one attached hydrogen (secondary N) is 1. The van der Waals surface area contributed by atoms with Gasteiger partial charge < -0.3 is 22.3 Å². The Labute approximate surface area is 108 Å². The molecule has 0 heterocycles. The first-order chi connectivity index (χ1) is 8.84. The van der Waals surface area contributed by atoms with E-state index >= 15 is 0 Å². The smallest absolute Gasteiger partial charge is 0.322 e. The van der Waals surface area contributed by atoms with Crippen LogP contribution in [0.5, 0.6) is 0 Å². The highest BCUT2D eigenvalue weighted by molar-refractivity contribution is 6.04. The van der Waals surface area contributed by atoms with Gasteiger partial charge in [0.2, 0.25) is 0 Å². The quantitative estimate of drug-likeness (QED) is 0.329. The second-order valence-electron chi connectivity index (χ2n) is 4.49. The van der Waals surface area contributed by atoms with E-state index in [2.05, 4.69) is 0 Å². The van der Waals surface area contributed by atoms with Crippen molar-refractivity contribution in [3.63, 3.8) is 0 Å². The van der Waals surface area contributed by atoms with Gasteiger partial charge in [0.05, 0.1) is 12.0 Å². The fraction of sp³-hybridized carbons (Fsp3) is 0.250. The third-order valence-electron chi connectivity index (χ3n) is 3.30. The number of fused-ring (bicyclic) bond motifs is 2. The van der Waals surface area contributed by atoms with Gasteiger partial charge in [-0.2, -0.15) is 0 Å². The molecule has 1 aromatic carbocycles. The molecule has 1 aromatic rings. The number of Topliss-reactive ketones (excluding diaryl/α,β-unsaturated/α-hetero) is 1. The maximum atomic E-state index is 12.2. The molecule has 2 aliphatic rings. The van der Waals surface area contributed by atoms with Crippen LogP contribution in [-0.2, 0) is 9.59 Å². The van der Waals surface area contributed by atoms with E-state index in [1.54, 1.807) is 18.2 Å². The highest BCUT2D eigenvalue weighted by Gasteiger charge is 2.39. The molecule has 0 saturated carbocycles. The number of rotatable bonds is 5. The SMILES string of the molecule is N=C(N)c1ccc2cc1C2C(=O)C(N)[C@H](N)C(=O)O. The number of hydrogen-bond donors (Lipinski definition) is 5. The van der Waals surface area contributed by atoms with Crippen LogP contribution >= 0.6 is 0 Å². The zero-order valence-electron chi connectivity index (χ0n) is 9.96. The second kappa shape index (κ2) is 4.45. The van der Waals surface area contributed by atoms with E-state index in [9.17, 15) is 9.59 Å². The fourth-order valence-electron chi connectivity index (χ4n) is 2.17. The van der Waals surface area contributed by atoms with Gasteiger partial charge in [-0.1, -0.05) is 18.2 Å². The van der Waals surface area contributed by atoms with Crippen LogP contribution in [0.3, 0.4) is 0 Å². The summed E-state index contributed by atoms with van der Waals surface area (Å²) in [4.78, 5) is 22.9. The molecule has 0 spiro atoms. The van der Waals surface area contributed by atoms with Crippen molar-refractivity contribution in [2.45, 2.75) is 18.0 Å². The molecule has 0 amide bonds. The van der Waals surface area contributed by atoms with Crippen LogP contribution in [-0.4, -0.2) is 34.8 Å². The van der Waals surface area contributed by atoms with Crippen LogP contribution in [0.1, 0.15) is 22.6 Å². The number of carbonyl (C=O) groups is 2. The minimum absolute atomic E-state index is 0.143. The maximum Gasteiger partial charge on any atom is 0.322 e. The van der Waals surface area contributed by atoms with Gasteiger partial charge in [-0.05, 0) is 11.1 Å². The maximum absolute atomic E-state index is 12.2. The van der Waals surface area contributed by atoms with E-state index in [0.717, 1.165) is 5.56 Å². The Balaban J connectivity index is 2.25. The monoisotopic (exact) mass is 262 g/mol. The predicted molar refractivity (Wildman–Crippen MR) is 67.9 cm³/mol. The van der Waals surface area contributed by atoms with E-state index < -0.39 is 29.8 Å². The minimum Gasteiger partial charge on any atom is -0.480 e. The van der Waals surface area contributed by atoms with Crippen LogP contribution in [0.4, 0.5) is 0 Å². The van der Waals surface area contributed by atoms with Crippen LogP contribution in [0.2, 0.25) is 0 Å². The Morgan fingerprint density at radius 1 is 1.26 bits per heavy atom. The molecule has 8 N–H and O–H groups in total. The van der Waals surface area contributed by atoms with Crippen LogP contribution in [0.15, 0.2) is 18.2 Å². The van der Waals surface area contributed by atoms with Gasteiger partial charge in [-0.3, -0.25) is 15.0 Å². The number of aliphatic carboxylic acids is 1. The number of benzene rings is 1. The lowest BCUT2D eigenvalue weighted by molar-refractivity contribution is -0.141. The lowest BCUT2D eigenvalue weighted by atomic mass is 9.72. The van der Waals surface area contributed by atoms with Gasteiger partial charge in [0.25, 0.3) is 0 Å². The number of carbonyl (C=O) groups excluding carboxylic acids is 1. The summed E-state index contributed by atoms with van der Waals surface area (Å²) in [5.41, 5.74) is 18.1. The molecule has 7 nitrogen and oxygen atoms in total. The molecule has 2 unspecified atom stereocenters. The number of carboxylic acid groups (broad SMARTS) is 1. The highest BCUT2D eigenvalue weighted by Crippen LogP contribution is 2.39. The molecule has 19 heavy (non-hydrogen) atoms. The number of carboxylic acids is 1. The van der Waals surface area contributed by atoms with Gasteiger partial charge in [0.15, 0.2) is 5.78 Å². The first kappa shape index (κ1) is 13.2. The largest absolute Gasteiger partial charge is 0.480 e. The van der Waals surface area contributed by atoms with Gasteiger partial charge in [0, 0.05) is 5.56 Å². The molecule has 100 valence electrons. The van der Waals surface area contributed by atoms with Crippen LogP contribution in [0.25, 0.3) is 0 Å². The zero-order chi connectivity index (χ0) is 14.3. The topological polar surface area (TPSA) is 156 Å². The number of hydrogen-bond acceptors (Lipinski definition) is 5. The van der Waals surface area contributed by atoms with Crippen molar-refractivity contribution in [3.05, 3.63) is 34.9 Å². The summed E-state index contributed by atoms with van der Waals surface area (Å²) < 4.78 is 0. The van der Waals surface area contributed by atoms with Crippen molar-refractivity contribution < 1.29 is 14.7 Å². The summed E-state index contributed by atoms with van der Waals surface area (Å²) >= 11 is 0. The molecule has 0 aromatic heterocycles. The first-order valence-electron chi connectivity index (χ1n) is 5.60. The Morgan fingerprint density at radius 2 is 1.89 bits per heavy atom. The van der Waals surface area contributed by atoms with Crippen LogP contribution < -0.4 is 17.2 Å². The number of nitrogens with two attached hydrogens (primary N) is 3. The van der Waals surface area contributed by atoms with Crippen molar-refractivity contribution in [1.29, 1.82) is 5.41 Å². The Kier molecular flexibility index (Phi) is 3.09. The molecular formula is C12H14N4O3. The Bertz CT molecular complexity index is 581. The normalized spacial score (nSPS) is 19.2. The van der Waals surface area contributed by atoms with Crippen molar-refractivity contribution in [2.24, 2.45) is 17.2 Å². The third-order valence-corrected chi connectivity index (χ3v) is 3.30. The molecule has 7 heteroatoms. The lowest BCUT2D eigenvalue weighted by Gasteiger charge is -2.31. The second-order valence-corrected chi connectivity index (χ2v) is 4.49. The summed E-state index contributed by atoms with van der Waals surface area (Å²) in [6.07, 6.45) is 0. The lowest BCUT2D eigenvalue weighted by Crippen LogP contribution is -2.53. The molecule has 0 radical (unpaired) electrons. The summed E-state index contributed by atoms with van der Waals surface area (Å²) in [5, 5.41) is 16.2. The minimum atomic E-state index is -1.44. The average molecular weight is 262 g/mol. The number of nitrogen functional groups attached to an aromatic ring is 1. The van der Waals surface area contributed by atoms with E-state index in [0.29, 0.717) is 11.1 Å². The summed E-state index contributed by atoms with van der Waals surface area (Å²) in [5.74, 6) is -2.56. The average Bonchev–Trinajstić information content (AvgIpc) is 2.36. The molecule has 2 bridgehead atoms. The standard InChI is InChI=1S/C12H14N4O3/c13-8(9(14)12(18)19)10(17)7-4-1-2-5(11(15)16)6(7)3-4/h1-3,7-9H,13-14H2,(H3,15,16)(H,18,19)/t7?,8?,9-/m0/s1. The van der Waals surface area contributed by atoms with Crippen LogP contribution in [0, 0.1) is 5.41 Å². The molecule has 3 rings (SSSR count). The fourth-order valence-corrected chi connectivity index (χ4v) is 2.17. The summed E-state index contributed by atoms with van der Waals surface area (Å²) in [6, 6.07) is 2.32. The van der Waals surface area contributed by atoms with Crippen molar-refractivity contribution in [1.82, 2.24) is 0 Å². The molecular weight excluding hydrogens is 248 g/mol. The van der Waals surface area contributed by atoms with E-state index in [1.807, 2.05) is 0 Å². The van der Waals surface area contributed by atoms with Crippen molar-refractivity contribution in [3.8, 4) is 0 Å². The van der Waals surface area contributed by atoms with Gasteiger partial charge >= 0.3 is 5.97 Å². The molecule has 3 atom stereocenters. The summed E-state index contributed by atoms with van der Waals surface area (Å²) in [6.45, 7) is 0. The first-order valence-corrected chi connectivity index (χ1v) is 5.60.